The predicted octanol–water partition coefficient (Wildman–Crippen LogP) is -5.55. The second-order valence-corrected chi connectivity index (χ2v) is 2.40. The van der Waals surface area contributed by atoms with Gasteiger partial charge in [0.1, 0.15) is 0 Å². The quantitative estimate of drug-likeness (QED) is 0.326. The molecule has 5 heteroatoms. The largest absolute Gasteiger partial charge is 1.00 e. The Labute approximate surface area is 57.8 Å². The maximum atomic E-state index is 8.67. The zero-order chi connectivity index (χ0) is 5.28. The number of nitrogens with two attached hydrogens (primary N) is 1. The summed E-state index contributed by atoms with van der Waals surface area (Å²) < 4.78 is 0. The van der Waals surface area contributed by atoms with Crippen LogP contribution in [-0.2, 0) is 0 Å². The molecule has 1 aliphatic rings. The summed E-state index contributed by atoms with van der Waals surface area (Å²) in [6.07, 6.45) is -0.426. The normalized spacial score (nSPS) is 26.6. The summed E-state index contributed by atoms with van der Waals surface area (Å²) in [5.74, 6) is 0.672. The molecule has 0 aromatic carbocycles. The van der Waals surface area contributed by atoms with Crippen LogP contribution in [0.4, 0.5) is 0 Å². The van der Waals surface area contributed by atoms with Crippen molar-refractivity contribution in [2.75, 3.05) is 5.75 Å². The maximum Gasteiger partial charge on any atom is 0.304 e. The van der Waals surface area contributed by atoms with E-state index in [-0.39, 0.29) is 12.4 Å². The Morgan fingerprint density at radius 2 is 2.50 bits per heavy atom. The molecule has 4 N–H and O–H groups in total. The summed E-state index contributed by atoms with van der Waals surface area (Å²) in [5, 5.41) is 9.28. The molecule has 1 unspecified atom stereocenters. The fourth-order valence-electron chi connectivity index (χ4n) is 0.416. The van der Waals surface area contributed by atoms with E-state index in [1.54, 1.807) is 0 Å². The predicted molar refractivity (Wildman–Crippen MR) is 28.6 cm³/mol. The van der Waals surface area contributed by atoms with Crippen LogP contribution in [0.3, 0.4) is 0 Å². The van der Waals surface area contributed by atoms with E-state index >= 15 is 0 Å². The number of rotatable bonds is 0. The molecule has 0 aromatic heterocycles. The van der Waals surface area contributed by atoms with Gasteiger partial charge in [-0.3, -0.25) is 5.73 Å². The lowest BCUT2D eigenvalue weighted by molar-refractivity contribution is -0.542. The van der Waals surface area contributed by atoms with Crippen LogP contribution in [0.15, 0.2) is 0 Å². The Hall–Kier alpha value is 0.0700. The molecule has 0 saturated heterocycles. The van der Waals surface area contributed by atoms with Gasteiger partial charge in [-0.25, -0.2) is 4.99 Å². The highest BCUT2D eigenvalue weighted by Gasteiger charge is 2.16. The van der Waals surface area contributed by atoms with Crippen LogP contribution in [0, 0.1) is 0 Å². The lowest BCUT2D eigenvalue weighted by Gasteiger charge is -1.84. The number of hydrogen-bond donors (Lipinski definition) is 3. The first kappa shape index (κ1) is 8.07. The molecule has 0 bridgehead atoms. The van der Waals surface area contributed by atoms with E-state index < -0.39 is 6.23 Å². The number of thioether (sulfide) groups is 1. The fourth-order valence-corrected chi connectivity index (χ4v) is 1.06. The fraction of sp³-hybridized carbons (Fsp3) is 0.667. The second kappa shape index (κ2) is 3.17. The monoisotopic (exact) mass is 154 g/mol. The molecule has 0 spiro atoms. The van der Waals surface area contributed by atoms with Crippen molar-refractivity contribution in [3.63, 3.8) is 0 Å². The SMILES string of the molecule is NC1=[NH+]C(O)CS1.[Cl-]. The molecule has 48 valence electrons. The molecule has 0 amide bonds. The van der Waals surface area contributed by atoms with E-state index in [2.05, 4.69) is 4.99 Å². The molecule has 0 aromatic rings. The minimum atomic E-state index is -0.426. The second-order valence-electron chi connectivity index (χ2n) is 1.34. The summed E-state index contributed by atoms with van der Waals surface area (Å²) >= 11 is 1.44. The third kappa shape index (κ3) is 1.90. The first-order valence-corrected chi connectivity index (χ1v) is 2.97. The maximum absolute atomic E-state index is 8.67. The highest BCUT2D eigenvalue weighted by atomic mass is 35.5. The van der Waals surface area contributed by atoms with Crippen LogP contribution in [0.25, 0.3) is 0 Å². The molecule has 0 saturated carbocycles. The number of halogens is 1. The van der Waals surface area contributed by atoms with Crippen molar-refractivity contribution in [1.82, 2.24) is 0 Å². The average Bonchev–Trinajstić information content (AvgIpc) is 1.87. The van der Waals surface area contributed by atoms with Gasteiger partial charge in [-0.15, -0.1) is 0 Å². The molecule has 0 aliphatic carbocycles. The Morgan fingerprint density at radius 1 is 1.88 bits per heavy atom. The summed E-state index contributed by atoms with van der Waals surface area (Å²) in [7, 11) is 0. The number of hydrogen-bond acceptors (Lipinski definition) is 3. The minimum Gasteiger partial charge on any atom is -1.00 e. The highest BCUT2D eigenvalue weighted by Crippen LogP contribution is 1.98. The van der Waals surface area contributed by atoms with Gasteiger partial charge in [-0.2, -0.15) is 0 Å². The number of amidine groups is 1. The van der Waals surface area contributed by atoms with Crippen molar-refractivity contribution in [2.24, 2.45) is 5.73 Å². The molecule has 1 aliphatic heterocycles. The lowest BCUT2D eigenvalue weighted by atomic mass is 10.7. The van der Waals surface area contributed by atoms with Gasteiger partial charge in [0.25, 0.3) is 0 Å². The Morgan fingerprint density at radius 3 is 2.62 bits per heavy atom. The van der Waals surface area contributed by atoms with E-state index in [4.69, 9.17) is 10.8 Å². The van der Waals surface area contributed by atoms with Crippen LogP contribution in [0.5, 0.6) is 0 Å². The van der Waals surface area contributed by atoms with Crippen LogP contribution in [-0.4, -0.2) is 22.3 Å². The summed E-state index contributed by atoms with van der Waals surface area (Å²) in [6.45, 7) is 0. The topological polar surface area (TPSA) is 60.2 Å². The molecule has 1 rings (SSSR count). The van der Waals surface area contributed by atoms with Gasteiger partial charge in [0.15, 0.2) is 0 Å². The Balaban J connectivity index is 0.000000490. The van der Waals surface area contributed by atoms with Gasteiger partial charge < -0.3 is 17.5 Å². The van der Waals surface area contributed by atoms with Crippen molar-refractivity contribution < 1.29 is 22.5 Å². The molecule has 3 nitrogen and oxygen atoms in total. The van der Waals surface area contributed by atoms with Gasteiger partial charge in [0, 0.05) is 0 Å². The van der Waals surface area contributed by atoms with Gasteiger partial charge >= 0.3 is 5.17 Å². The summed E-state index contributed by atoms with van der Waals surface area (Å²) in [6, 6.07) is 0. The van der Waals surface area contributed by atoms with Gasteiger partial charge in [0.2, 0.25) is 6.23 Å². The van der Waals surface area contributed by atoms with Crippen molar-refractivity contribution in [2.45, 2.75) is 6.23 Å². The highest BCUT2D eigenvalue weighted by molar-refractivity contribution is 8.13. The minimum absolute atomic E-state index is 0. The van der Waals surface area contributed by atoms with Crippen molar-refractivity contribution >= 4 is 16.9 Å². The third-order valence-electron chi connectivity index (χ3n) is 0.706. The summed E-state index contributed by atoms with van der Waals surface area (Å²) in [4.78, 5) is 2.63. The molecular weight excluding hydrogens is 148 g/mol. The zero-order valence-electron chi connectivity index (χ0n) is 4.10. The van der Waals surface area contributed by atoms with Gasteiger partial charge in [-0.1, -0.05) is 0 Å². The van der Waals surface area contributed by atoms with Gasteiger partial charge in [-0.05, 0) is 11.8 Å². The average molecular weight is 155 g/mol. The number of aliphatic hydroxyl groups is 1. The lowest BCUT2D eigenvalue weighted by Crippen LogP contribution is -3.00. The van der Waals surface area contributed by atoms with E-state index in [0.717, 1.165) is 0 Å². The van der Waals surface area contributed by atoms with Crippen LogP contribution < -0.4 is 23.1 Å². The number of nitrogens with one attached hydrogen (secondary N) is 1. The molecule has 1 atom stereocenters. The third-order valence-corrected chi connectivity index (χ3v) is 1.62. The van der Waals surface area contributed by atoms with Crippen molar-refractivity contribution in [3.8, 4) is 0 Å². The van der Waals surface area contributed by atoms with E-state index in [0.29, 0.717) is 10.9 Å². The molecule has 1 heterocycles. The van der Waals surface area contributed by atoms with E-state index in [9.17, 15) is 0 Å². The number of aliphatic hydroxyl groups excluding tert-OH is 1. The molecule has 0 fully saturated rings. The van der Waals surface area contributed by atoms with E-state index in [1.807, 2.05) is 0 Å². The van der Waals surface area contributed by atoms with Crippen molar-refractivity contribution in [3.05, 3.63) is 0 Å². The zero-order valence-corrected chi connectivity index (χ0v) is 5.67. The van der Waals surface area contributed by atoms with Crippen molar-refractivity contribution in [1.29, 1.82) is 0 Å². The summed E-state index contributed by atoms with van der Waals surface area (Å²) in [5.41, 5.74) is 5.23. The first-order chi connectivity index (χ1) is 3.29. The molecule has 0 radical (unpaired) electrons. The van der Waals surface area contributed by atoms with E-state index in [1.165, 1.54) is 11.8 Å². The smallest absolute Gasteiger partial charge is 0.304 e. The molecular formula is C3H7ClN2OS. The molecule has 8 heavy (non-hydrogen) atoms. The standard InChI is InChI=1S/C3H6N2OS.ClH/c4-3-5-2(6)1-7-3;/h2,6H,1H2,(H2,4,5);1H. The van der Waals surface area contributed by atoms with Gasteiger partial charge in [0.05, 0.1) is 5.75 Å². The first-order valence-electron chi connectivity index (χ1n) is 1.99. The Kier molecular flexibility index (Phi) is 3.19. The van der Waals surface area contributed by atoms with Crippen LogP contribution in [0.1, 0.15) is 0 Å². The van der Waals surface area contributed by atoms with Crippen LogP contribution in [0.2, 0.25) is 0 Å². The van der Waals surface area contributed by atoms with Crippen LogP contribution >= 0.6 is 11.8 Å². The Bertz CT molecular complexity index is 107.